The van der Waals surface area contributed by atoms with Gasteiger partial charge in [-0.15, -0.1) is 0 Å². The smallest absolute Gasteiger partial charge is 0.364 e. The normalized spacial score (nSPS) is 14.6. The van der Waals surface area contributed by atoms with Gasteiger partial charge < -0.3 is 5.73 Å². The number of hydrogen-bond donors (Lipinski definition) is 1. The Hall–Kier alpha value is -3.60. The van der Waals surface area contributed by atoms with E-state index in [1.165, 1.54) is 0 Å². The fraction of sp³-hybridized carbons (Fsp3) is 0.286. The van der Waals surface area contributed by atoms with Crippen LogP contribution in [0.15, 0.2) is 41.8 Å². The highest BCUT2D eigenvalue weighted by Gasteiger charge is 2.32. The van der Waals surface area contributed by atoms with Crippen molar-refractivity contribution < 1.29 is 18.0 Å². The lowest BCUT2D eigenvalue weighted by molar-refractivity contribution is -0.141. The molecule has 0 saturated heterocycles. The van der Waals surface area contributed by atoms with Crippen LogP contribution in [0.2, 0.25) is 0 Å². The summed E-state index contributed by atoms with van der Waals surface area (Å²) in [6.45, 7) is 1.26. The molecule has 11 heteroatoms. The van der Waals surface area contributed by atoms with E-state index in [0.717, 1.165) is 23.4 Å². The van der Waals surface area contributed by atoms with Crippen LogP contribution < -0.4 is 5.73 Å². The highest BCUT2D eigenvalue weighted by molar-refractivity contribution is 5.91. The Kier molecular flexibility index (Phi) is 5.74. The van der Waals surface area contributed by atoms with Gasteiger partial charge in [0.05, 0.1) is 17.6 Å². The first-order chi connectivity index (χ1) is 15.2. The van der Waals surface area contributed by atoms with E-state index in [4.69, 9.17) is 5.73 Å². The molecule has 4 heterocycles. The largest absolute Gasteiger partial charge is 0.433 e. The van der Waals surface area contributed by atoms with Gasteiger partial charge in [0.25, 0.3) is 5.91 Å². The number of nitrogens with two attached hydrogens (primary N) is 1. The summed E-state index contributed by atoms with van der Waals surface area (Å²) in [5, 5.41) is 4.35. The van der Waals surface area contributed by atoms with Crippen LogP contribution in [0, 0.1) is 0 Å². The number of amides is 1. The van der Waals surface area contributed by atoms with Crippen molar-refractivity contribution >= 4 is 12.1 Å². The highest BCUT2D eigenvalue weighted by atomic mass is 19.4. The molecule has 0 bridgehead atoms. The number of nitrogens with zero attached hydrogens (tertiary/aromatic N) is 6. The number of halogens is 3. The van der Waals surface area contributed by atoms with E-state index in [-0.39, 0.29) is 5.69 Å². The van der Waals surface area contributed by atoms with Crippen molar-refractivity contribution in [3.05, 3.63) is 70.6 Å². The number of pyridine rings is 2. The second-order valence-electron chi connectivity index (χ2n) is 7.43. The van der Waals surface area contributed by atoms with E-state index in [2.05, 4.69) is 20.1 Å². The summed E-state index contributed by atoms with van der Waals surface area (Å²) in [5.74, 6) is -0.669. The Morgan fingerprint density at radius 2 is 2.16 bits per heavy atom. The Bertz CT molecular complexity index is 1190. The molecule has 0 radical (unpaired) electrons. The fourth-order valence-electron chi connectivity index (χ4n) is 3.71. The van der Waals surface area contributed by atoms with Gasteiger partial charge in [0.2, 0.25) is 0 Å². The number of hydrogen-bond acceptors (Lipinski definition) is 6. The van der Waals surface area contributed by atoms with Crippen molar-refractivity contribution in [2.45, 2.75) is 25.7 Å². The summed E-state index contributed by atoms with van der Waals surface area (Å²) in [7, 11) is 1.66. The Morgan fingerprint density at radius 1 is 1.34 bits per heavy atom. The molecule has 1 aliphatic heterocycles. The fourth-order valence-corrected chi connectivity index (χ4v) is 3.71. The standard InChI is InChI=1S/C21H20F3N7O/c1-26-8-14-9-28-31(11-14)18-7-16(20(25)32)29-17-12-30(5-3-15(17)18)10-13-2-4-27-19(6-13)21(22,23)24/h2,4,6-9,11H,3,5,10,12H2,1H3,(H2,25,32). The third-order valence-corrected chi connectivity index (χ3v) is 5.14. The highest BCUT2D eigenvalue weighted by Crippen LogP contribution is 2.29. The van der Waals surface area contributed by atoms with Gasteiger partial charge in [0.1, 0.15) is 11.4 Å². The number of alkyl halides is 3. The number of aromatic nitrogens is 4. The van der Waals surface area contributed by atoms with E-state index >= 15 is 0 Å². The number of aliphatic imine (C=N–C) groups is 1. The Labute approximate surface area is 181 Å². The van der Waals surface area contributed by atoms with E-state index in [0.29, 0.717) is 43.0 Å². The van der Waals surface area contributed by atoms with Crippen LogP contribution in [-0.4, -0.2) is 50.4 Å². The van der Waals surface area contributed by atoms with Crippen LogP contribution in [0.1, 0.15) is 38.6 Å². The van der Waals surface area contributed by atoms with E-state index in [1.54, 1.807) is 42.5 Å². The Morgan fingerprint density at radius 3 is 2.88 bits per heavy atom. The van der Waals surface area contributed by atoms with Crippen LogP contribution in [-0.2, 0) is 25.7 Å². The van der Waals surface area contributed by atoms with Crippen LogP contribution in [0.4, 0.5) is 13.2 Å². The minimum Gasteiger partial charge on any atom is -0.364 e. The van der Waals surface area contributed by atoms with Gasteiger partial charge in [0.15, 0.2) is 0 Å². The second kappa shape index (κ2) is 8.50. The minimum atomic E-state index is -4.50. The SMILES string of the molecule is CN=Cc1cnn(-c2cc(C(N)=O)nc3c2CCN(Cc2ccnc(C(F)(F)F)c2)C3)c1. The molecule has 166 valence electrons. The van der Waals surface area contributed by atoms with E-state index in [1.807, 2.05) is 4.90 Å². The van der Waals surface area contributed by atoms with Crippen LogP contribution in [0.25, 0.3) is 5.69 Å². The zero-order chi connectivity index (χ0) is 22.9. The number of primary amides is 1. The number of rotatable bonds is 5. The van der Waals surface area contributed by atoms with Gasteiger partial charge in [-0.05, 0) is 30.2 Å². The maximum absolute atomic E-state index is 13.0. The predicted octanol–water partition coefficient (Wildman–Crippen LogP) is 2.39. The predicted molar refractivity (Wildman–Crippen MR) is 110 cm³/mol. The quantitative estimate of drug-likeness (QED) is 0.610. The summed E-state index contributed by atoms with van der Waals surface area (Å²) in [6, 6.07) is 4.22. The molecule has 0 atom stereocenters. The lowest BCUT2D eigenvalue weighted by Gasteiger charge is -2.29. The van der Waals surface area contributed by atoms with Crippen molar-refractivity contribution in [2.24, 2.45) is 10.7 Å². The molecule has 32 heavy (non-hydrogen) atoms. The molecule has 0 spiro atoms. The van der Waals surface area contributed by atoms with Crippen LogP contribution in [0.3, 0.4) is 0 Å². The van der Waals surface area contributed by atoms with Gasteiger partial charge in [-0.1, -0.05) is 0 Å². The monoisotopic (exact) mass is 443 g/mol. The average molecular weight is 443 g/mol. The molecule has 0 aromatic carbocycles. The first-order valence-corrected chi connectivity index (χ1v) is 9.79. The summed E-state index contributed by atoms with van der Waals surface area (Å²) in [5.41, 5.74) is 8.22. The molecule has 0 saturated carbocycles. The molecule has 0 fully saturated rings. The molecular weight excluding hydrogens is 423 g/mol. The maximum Gasteiger partial charge on any atom is 0.433 e. The van der Waals surface area contributed by atoms with Crippen LogP contribution >= 0.6 is 0 Å². The minimum absolute atomic E-state index is 0.102. The molecule has 8 nitrogen and oxygen atoms in total. The molecule has 2 N–H and O–H groups in total. The molecule has 3 aromatic rings. The van der Waals surface area contributed by atoms with Gasteiger partial charge >= 0.3 is 6.18 Å². The summed E-state index contributed by atoms with van der Waals surface area (Å²) < 4.78 is 40.6. The third-order valence-electron chi connectivity index (χ3n) is 5.14. The average Bonchev–Trinajstić information content (AvgIpc) is 3.21. The second-order valence-corrected chi connectivity index (χ2v) is 7.43. The summed E-state index contributed by atoms with van der Waals surface area (Å²) in [4.78, 5) is 25.6. The van der Waals surface area contributed by atoms with E-state index in [9.17, 15) is 18.0 Å². The Balaban J connectivity index is 1.64. The zero-order valence-corrected chi connectivity index (χ0v) is 17.2. The van der Waals surface area contributed by atoms with E-state index < -0.39 is 17.8 Å². The molecule has 0 aliphatic carbocycles. The number of carbonyl (C=O) groups excluding carboxylic acids is 1. The van der Waals surface area contributed by atoms with Crippen molar-refractivity contribution in [3.63, 3.8) is 0 Å². The van der Waals surface area contributed by atoms with Crippen LogP contribution in [0.5, 0.6) is 0 Å². The number of fused-ring (bicyclic) bond motifs is 1. The molecule has 3 aromatic heterocycles. The van der Waals surface area contributed by atoms with Gasteiger partial charge in [-0.3, -0.25) is 19.7 Å². The number of carbonyl (C=O) groups is 1. The van der Waals surface area contributed by atoms with Crippen molar-refractivity contribution in [2.75, 3.05) is 13.6 Å². The molecule has 1 aliphatic rings. The molecule has 1 amide bonds. The summed E-state index contributed by atoms with van der Waals surface area (Å²) >= 11 is 0. The first-order valence-electron chi connectivity index (χ1n) is 9.79. The lowest BCUT2D eigenvalue weighted by Crippen LogP contribution is -2.32. The molecule has 0 unspecified atom stereocenters. The molecule has 4 rings (SSSR count). The topological polar surface area (TPSA) is 102 Å². The first kappa shape index (κ1) is 21.6. The maximum atomic E-state index is 13.0. The van der Waals surface area contributed by atoms with Gasteiger partial charge in [-0.25, -0.2) is 9.67 Å². The van der Waals surface area contributed by atoms with Crippen molar-refractivity contribution in [1.82, 2.24) is 24.6 Å². The zero-order valence-electron chi connectivity index (χ0n) is 17.2. The lowest BCUT2D eigenvalue weighted by atomic mass is 10.0. The third kappa shape index (κ3) is 4.52. The van der Waals surface area contributed by atoms with Crippen molar-refractivity contribution in [3.8, 4) is 5.69 Å². The van der Waals surface area contributed by atoms with Crippen molar-refractivity contribution in [1.29, 1.82) is 0 Å². The molecular formula is C21H20F3N7O. The van der Waals surface area contributed by atoms with Gasteiger partial charge in [-0.2, -0.15) is 18.3 Å². The summed E-state index contributed by atoms with van der Waals surface area (Å²) in [6.07, 6.45) is 2.35. The van der Waals surface area contributed by atoms with Gasteiger partial charge in [0, 0.05) is 56.4 Å².